The quantitative estimate of drug-likeness (QED) is 0.281. The molecule has 1 aliphatic carbocycles. The summed E-state index contributed by atoms with van der Waals surface area (Å²) in [4.78, 5) is 6.87. The lowest BCUT2D eigenvalue weighted by atomic mass is 9.68. The van der Waals surface area contributed by atoms with Crippen LogP contribution in [0.3, 0.4) is 0 Å². The van der Waals surface area contributed by atoms with E-state index in [1.165, 1.54) is 38.8 Å². The zero-order valence-corrected chi connectivity index (χ0v) is 16.4. The Morgan fingerprint density at radius 1 is 1.18 bits per heavy atom. The highest BCUT2D eigenvalue weighted by Gasteiger charge is 2.43. The van der Waals surface area contributed by atoms with Crippen LogP contribution in [0.4, 0.5) is 0 Å². The van der Waals surface area contributed by atoms with Crippen LogP contribution < -0.4 is 5.32 Å². The molecule has 1 spiro atoms. The smallest absolute Gasteiger partial charge is 0.193 e. The number of methoxy groups -OCH3 is 1. The van der Waals surface area contributed by atoms with E-state index in [1.807, 2.05) is 7.05 Å². The molecule has 6 heteroatoms. The molecule has 0 unspecified atom stereocenters. The van der Waals surface area contributed by atoms with Crippen LogP contribution in [0, 0.1) is 5.41 Å². The van der Waals surface area contributed by atoms with Crippen molar-refractivity contribution in [2.75, 3.05) is 53.6 Å². The summed E-state index contributed by atoms with van der Waals surface area (Å²) in [5, 5.41) is 3.50. The molecule has 1 heterocycles. The zero-order chi connectivity index (χ0) is 15.0. The van der Waals surface area contributed by atoms with Gasteiger partial charge in [-0.25, -0.2) is 0 Å². The van der Waals surface area contributed by atoms with Crippen molar-refractivity contribution in [2.45, 2.75) is 38.5 Å². The highest BCUT2D eigenvalue weighted by molar-refractivity contribution is 14.0. The van der Waals surface area contributed by atoms with Crippen molar-refractivity contribution >= 4 is 29.9 Å². The SMILES string of the molecule is CN=C(NCCCCOCCOC)N1CCC2(CCC2)C1.I. The normalized spacial score (nSPS) is 19.9. The van der Waals surface area contributed by atoms with Gasteiger partial charge >= 0.3 is 0 Å². The molecule has 0 bridgehead atoms. The molecular weight excluding hydrogens is 393 g/mol. The maximum absolute atomic E-state index is 5.46. The van der Waals surface area contributed by atoms with Gasteiger partial charge in [-0.15, -0.1) is 24.0 Å². The third-order valence-corrected chi connectivity index (χ3v) is 4.79. The first-order chi connectivity index (χ1) is 10.3. The zero-order valence-electron chi connectivity index (χ0n) is 14.1. The van der Waals surface area contributed by atoms with E-state index in [1.54, 1.807) is 7.11 Å². The summed E-state index contributed by atoms with van der Waals surface area (Å²) in [6, 6.07) is 0. The summed E-state index contributed by atoms with van der Waals surface area (Å²) in [6.07, 6.45) is 7.80. The molecule has 0 aromatic rings. The third kappa shape index (κ3) is 5.85. The summed E-state index contributed by atoms with van der Waals surface area (Å²) < 4.78 is 10.4. The fraction of sp³-hybridized carbons (Fsp3) is 0.938. The first-order valence-electron chi connectivity index (χ1n) is 8.32. The minimum Gasteiger partial charge on any atom is -0.382 e. The molecular formula is C16H32IN3O2. The average molecular weight is 425 g/mol. The molecule has 130 valence electrons. The van der Waals surface area contributed by atoms with Crippen LogP contribution in [-0.2, 0) is 9.47 Å². The second-order valence-corrected chi connectivity index (χ2v) is 6.31. The Hall–Kier alpha value is -0.0800. The molecule has 2 aliphatic rings. The van der Waals surface area contributed by atoms with E-state index in [2.05, 4.69) is 15.2 Å². The third-order valence-electron chi connectivity index (χ3n) is 4.79. The van der Waals surface area contributed by atoms with Gasteiger partial charge in [0.15, 0.2) is 5.96 Å². The molecule has 5 nitrogen and oxygen atoms in total. The molecule has 0 amide bonds. The van der Waals surface area contributed by atoms with Crippen molar-refractivity contribution in [3.8, 4) is 0 Å². The maximum Gasteiger partial charge on any atom is 0.193 e. The summed E-state index contributed by atoms with van der Waals surface area (Å²) in [6.45, 7) is 5.54. The Kier molecular flexibility index (Phi) is 9.66. The number of hydrogen-bond acceptors (Lipinski definition) is 3. The number of ether oxygens (including phenoxy) is 2. The summed E-state index contributed by atoms with van der Waals surface area (Å²) in [7, 11) is 3.59. The second kappa shape index (κ2) is 10.6. The molecule has 1 aliphatic heterocycles. The summed E-state index contributed by atoms with van der Waals surface area (Å²) in [5.74, 6) is 1.08. The Morgan fingerprint density at radius 2 is 2.00 bits per heavy atom. The number of halogens is 1. The molecule has 2 fully saturated rings. The van der Waals surface area contributed by atoms with Gasteiger partial charge in [0.1, 0.15) is 0 Å². The van der Waals surface area contributed by atoms with Crippen LogP contribution >= 0.6 is 24.0 Å². The lowest BCUT2D eigenvalue weighted by Gasteiger charge is -2.38. The molecule has 0 aromatic heterocycles. The minimum absolute atomic E-state index is 0. The van der Waals surface area contributed by atoms with Crippen molar-refractivity contribution in [2.24, 2.45) is 10.4 Å². The van der Waals surface area contributed by atoms with Gasteiger partial charge < -0.3 is 19.7 Å². The molecule has 0 atom stereocenters. The fourth-order valence-corrected chi connectivity index (χ4v) is 3.31. The number of rotatable bonds is 8. The molecule has 22 heavy (non-hydrogen) atoms. The first-order valence-corrected chi connectivity index (χ1v) is 8.32. The maximum atomic E-state index is 5.46. The van der Waals surface area contributed by atoms with Gasteiger partial charge in [-0.05, 0) is 37.5 Å². The van der Waals surface area contributed by atoms with E-state index < -0.39 is 0 Å². The van der Waals surface area contributed by atoms with Crippen LogP contribution in [0.15, 0.2) is 4.99 Å². The van der Waals surface area contributed by atoms with E-state index in [0.717, 1.165) is 32.0 Å². The monoisotopic (exact) mass is 425 g/mol. The Balaban J connectivity index is 0.00000242. The minimum atomic E-state index is 0. The van der Waals surface area contributed by atoms with Crippen molar-refractivity contribution < 1.29 is 9.47 Å². The van der Waals surface area contributed by atoms with Gasteiger partial charge in [-0.1, -0.05) is 6.42 Å². The van der Waals surface area contributed by atoms with Crippen LogP contribution in [0.25, 0.3) is 0 Å². The standard InChI is InChI=1S/C16H31N3O2.HI/c1-17-15(18-9-3-4-11-21-13-12-20-2)19-10-8-16(14-19)6-5-7-16;/h3-14H2,1-2H3,(H,17,18);1H. The number of aliphatic imine (C=N–C) groups is 1. The largest absolute Gasteiger partial charge is 0.382 e. The van der Waals surface area contributed by atoms with Crippen molar-refractivity contribution in [1.82, 2.24) is 10.2 Å². The Labute approximate surface area is 152 Å². The topological polar surface area (TPSA) is 46.1 Å². The van der Waals surface area contributed by atoms with Gasteiger partial charge in [0, 0.05) is 40.4 Å². The van der Waals surface area contributed by atoms with Gasteiger partial charge in [0.05, 0.1) is 13.2 Å². The highest BCUT2D eigenvalue weighted by atomic mass is 127. The van der Waals surface area contributed by atoms with Gasteiger partial charge in [-0.3, -0.25) is 4.99 Å². The second-order valence-electron chi connectivity index (χ2n) is 6.31. The van der Waals surface area contributed by atoms with Crippen LogP contribution in [0.2, 0.25) is 0 Å². The van der Waals surface area contributed by atoms with E-state index >= 15 is 0 Å². The van der Waals surface area contributed by atoms with Crippen molar-refractivity contribution in [1.29, 1.82) is 0 Å². The predicted octanol–water partition coefficient (Wildman–Crippen LogP) is 2.50. The molecule has 0 aromatic carbocycles. The molecule has 1 N–H and O–H groups in total. The molecule has 1 saturated heterocycles. The average Bonchev–Trinajstić information content (AvgIpc) is 2.91. The molecule has 0 radical (unpaired) electrons. The number of unbranched alkanes of at least 4 members (excludes halogenated alkanes) is 1. The Bertz CT molecular complexity index is 335. The number of nitrogens with zero attached hydrogens (tertiary/aromatic N) is 2. The van der Waals surface area contributed by atoms with Gasteiger partial charge in [-0.2, -0.15) is 0 Å². The van der Waals surface area contributed by atoms with Gasteiger partial charge in [0.2, 0.25) is 0 Å². The van der Waals surface area contributed by atoms with Crippen LogP contribution in [-0.4, -0.2) is 64.5 Å². The highest BCUT2D eigenvalue weighted by Crippen LogP contribution is 2.47. The molecule has 1 saturated carbocycles. The van der Waals surface area contributed by atoms with Crippen molar-refractivity contribution in [3.63, 3.8) is 0 Å². The number of guanidine groups is 1. The van der Waals surface area contributed by atoms with Gasteiger partial charge in [0.25, 0.3) is 0 Å². The fourth-order valence-electron chi connectivity index (χ4n) is 3.31. The number of hydrogen-bond donors (Lipinski definition) is 1. The first kappa shape index (κ1) is 20.0. The van der Waals surface area contributed by atoms with Crippen LogP contribution in [0.1, 0.15) is 38.5 Å². The summed E-state index contributed by atoms with van der Waals surface area (Å²) >= 11 is 0. The summed E-state index contributed by atoms with van der Waals surface area (Å²) in [5.41, 5.74) is 0.632. The lowest BCUT2D eigenvalue weighted by molar-refractivity contribution is 0.0689. The number of nitrogens with one attached hydrogen (secondary N) is 1. The Morgan fingerprint density at radius 3 is 2.59 bits per heavy atom. The van der Waals surface area contributed by atoms with E-state index in [0.29, 0.717) is 18.6 Å². The van der Waals surface area contributed by atoms with Crippen molar-refractivity contribution in [3.05, 3.63) is 0 Å². The van der Waals surface area contributed by atoms with E-state index in [4.69, 9.17) is 9.47 Å². The van der Waals surface area contributed by atoms with Crippen LogP contribution in [0.5, 0.6) is 0 Å². The molecule has 2 rings (SSSR count). The van der Waals surface area contributed by atoms with E-state index in [-0.39, 0.29) is 24.0 Å². The number of likely N-dealkylation sites (tertiary alicyclic amines) is 1. The lowest BCUT2D eigenvalue weighted by Crippen LogP contribution is -2.42. The van der Waals surface area contributed by atoms with E-state index in [9.17, 15) is 0 Å². The predicted molar refractivity (Wildman–Crippen MR) is 101 cm³/mol.